The molecule has 0 aliphatic carbocycles. The number of nitrogens with one attached hydrogen (secondary N) is 1. The Labute approximate surface area is 264 Å². The van der Waals surface area contributed by atoms with E-state index in [1.54, 1.807) is 29.8 Å². The van der Waals surface area contributed by atoms with Crippen molar-refractivity contribution in [1.82, 2.24) is 10.3 Å². The fourth-order valence-corrected chi connectivity index (χ4v) is 5.98. The van der Waals surface area contributed by atoms with E-state index in [0.29, 0.717) is 6.61 Å². The highest BCUT2D eigenvalue weighted by Gasteiger charge is 2.20. The van der Waals surface area contributed by atoms with Gasteiger partial charge >= 0.3 is 0 Å². The molecule has 0 atom stereocenters. The number of fused-ring (bicyclic) bond motifs is 2. The highest BCUT2D eigenvalue weighted by atomic mass is 16.5. The van der Waals surface area contributed by atoms with Crippen LogP contribution < -0.4 is 19.9 Å². The third kappa shape index (κ3) is 6.90. The van der Waals surface area contributed by atoms with Gasteiger partial charge in [-0.25, -0.2) is 4.98 Å². The molecule has 0 fully saturated rings. The number of carbonyl (C=O) groups is 3. The fourth-order valence-electron chi connectivity index (χ4n) is 5.98. The smallest absolute Gasteiger partial charge is 0.246 e. The summed E-state index contributed by atoms with van der Waals surface area (Å²) in [6, 6.07) is 17.8. The van der Waals surface area contributed by atoms with Crippen molar-refractivity contribution in [3.8, 4) is 5.75 Å². The van der Waals surface area contributed by atoms with Gasteiger partial charge in [0, 0.05) is 49.0 Å². The van der Waals surface area contributed by atoms with Gasteiger partial charge < -0.3 is 19.9 Å². The van der Waals surface area contributed by atoms with Gasteiger partial charge in [0.05, 0.1) is 6.54 Å². The van der Waals surface area contributed by atoms with Gasteiger partial charge in [0.25, 0.3) is 0 Å². The number of carbonyl (C=O) groups excluding carboxylic acids is 3. The summed E-state index contributed by atoms with van der Waals surface area (Å²) in [6.07, 6.45) is 4.95. The molecule has 0 spiro atoms. The maximum Gasteiger partial charge on any atom is 0.246 e. The minimum absolute atomic E-state index is 0.0298. The van der Waals surface area contributed by atoms with E-state index in [1.807, 2.05) is 69.3 Å². The Bertz CT molecular complexity index is 1830. The molecular formula is C37H40N4O4. The van der Waals surface area contributed by atoms with Crippen molar-refractivity contribution in [1.29, 1.82) is 0 Å². The first-order valence-electron chi connectivity index (χ1n) is 15.3. The summed E-state index contributed by atoms with van der Waals surface area (Å²) in [4.78, 5) is 45.7. The van der Waals surface area contributed by atoms with Crippen LogP contribution in [0.25, 0.3) is 17.0 Å². The van der Waals surface area contributed by atoms with Crippen LogP contribution in [0.15, 0.2) is 60.7 Å². The maximum absolute atomic E-state index is 13.1. The first-order valence-corrected chi connectivity index (χ1v) is 15.3. The van der Waals surface area contributed by atoms with E-state index in [9.17, 15) is 14.4 Å². The van der Waals surface area contributed by atoms with Gasteiger partial charge in [0.15, 0.2) is 0 Å². The number of aromatic nitrogens is 1. The molecule has 0 saturated heterocycles. The number of hydrogen-bond acceptors (Lipinski definition) is 5. The summed E-state index contributed by atoms with van der Waals surface area (Å²) in [5.41, 5.74) is 9.57. The Hall–Kier alpha value is -4.98. The number of rotatable bonds is 8. The standard InChI is InChI=1S/C37H40N4O4/c1-23-12-15-32(26(4)31(23)22-45-34-11-7-10-30-24(2)19-25(3)39-37(30)34)40(6)36(44)21-38-35(43)17-14-28-13-16-33-29(20-28)9-8-18-41(33)27(5)42/h7,10-17,19-20H,8-9,18,21-22H2,1-6H3,(H,38,43). The molecule has 1 aliphatic heterocycles. The molecule has 3 aromatic carbocycles. The number of anilines is 2. The van der Waals surface area contributed by atoms with E-state index in [2.05, 4.69) is 18.3 Å². The lowest BCUT2D eigenvalue weighted by atomic mass is 9.99. The second kappa shape index (κ2) is 13.3. The zero-order chi connectivity index (χ0) is 32.2. The van der Waals surface area contributed by atoms with Crippen LogP contribution in [-0.2, 0) is 27.4 Å². The van der Waals surface area contributed by atoms with E-state index in [4.69, 9.17) is 9.72 Å². The summed E-state index contributed by atoms with van der Waals surface area (Å²) in [5.74, 6) is 0.154. The van der Waals surface area contributed by atoms with Crippen molar-refractivity contribution in [3.63, 3.8) is 0 Å². The number of para-hydroxylation sites is 1. The topological polar surface area (TPSA) is 91.8 Å². The largest absolute Gasteiger partial charge is 0.487 e. The SMILES string of the molecule is CC(=O)N1CCCc2cc(C=CC(=O)NCC(=O)N(C)c3ccc(C)c(COc4cccc5c(C)cc(C)nc45)c3C)ccc21. The zero-order valence-electron chi connectivity index (χ0n) is 26.9. The molecule has 0 bridgehead atoms. The molecule has 8 heteroatoms. The fraction of sp³-hybridized carbons (Fsp3) is 0.297. The first kappa shape index (κ1) is 31.4. The molecule has 0 saturated carbocycles. The highest BCUT2D eigenvalue weighted by Crippen LogP contribution is 2.31. The van der Waals surface area contributed by atoms with Crippen molar-refractivity contribution in [2.24, 2.45) is 0 Å². The van der Waals surface area contributed by atoms with Gasteiger partial charge in [-0.2, -0.15) is 0 Å². The minimum Gasteiger partial charge on any atom is -0.487 e. The van der Waals surface area contributed by atoms with Gasteiger partial charge in [0.1, 0.15) is 17.9 Å². The molecule has 3 amide bonds. The molecule has 1 aliphatic rings. The van der Waals surface area contributed by atoms with Crippen LogP contribution >= 0.6 is 0 Å². The number of benzene rings is 3. The number of ether oxygens (including phenoxy) is 1. The van der Waals surface area contributed by atoms with Gasteiger partial charge in [-0.3, -0.25) is 14.4 Å². The normalized spacial score (nSPS) is 12.7. The molecule has 5 rings (SSSR count). The second-order valence-electron chi connectivity index (χ2n) is 11.7. The van der Waals surface area contributed by atoms with Crippen molar-refractivity contribution in [2.45, 2.75) is 54.1 Å². The van der Waals surface area contributed by atoms with Crippen LogP contribution in [-0.4, -0.2) is 42.8 Å². The van der Waals surface area contributed by atoms with Crippen LogP contribution in [0.2, 0.25) is 0 Å². The summed E-state index contributed by atoms with van der Waals surface area (Å²) < 4.78 is 6.31. The summed E-state index contributed by atoms with van der Waals surface area (Å²) in [7, 11) is 1.71. The molecule has 8 nitrogen and oxygen atoms in total. The summed E-state index contributed by atoms with van der Waals surface area (Å²) in [5, 5.41) is 3.77. The number of aryl methyl sites for hydroxylation is 4. The van der Waals surface area contributed by atoms with E-state index in [0.717, 1.165) is 86.5 Å². The predicted molar refractivity (Wildman–Crippen MR) is 180 cm³/mol. The van der Waals surface area contributed by atoms with Crippen molar-refractivity contribution in [3.05, 3.63) is 99.7 Å². The van der Waals surface area contributed by atoms with Crippen LogP contribution in [0.4, 0.5) is 11.4 Å². The number of likely N-dealkylation sites (N-methyl/N-ethyl adjacent to an activating group) is 1. The zero-order valence-corrected chi connectivity index (χ0v) is 26.9. The van der Waals surface area contributed by atoms with Crippen molar-refractivity contribution < 1.29 is 19.1 Å². The monoisotopic (exact) mass is 604 g/mol. The Balaban J connectivity index is 1.22. The van der Waals surface area contributed by atoms with E-state index < -0.39 is 0 Å². The van der Waals surface area contributed by atoms with Crippen molar-refractivity contribution in [2.75, 3.05) is 29.9 Å². The van der Waals surface area contributed by atoms with E-state index in [-0.39, 0.29) is 24.3 Å². The maximum atomic E-state index is 13.1. The number of hydrogen-bond donors (Lipinski definition) is 1. The molecule has 1 N–H and O–H groups in total. The van der Waals surface area contributed by atoms with E-state index in [1.165, 1.54) is 6.08 Å². The van der Waals surface area contributed by atoms with Crippen LogP contribution in [0.3, 0.4) is 0 Å². The highest BCUT2D eigenvalue weighted by molar-refractivity contribution is 5.99. The second-order valence-corrected chi connectivity index (χ2v) is 11.7. The lowest BCUT2D eigenvalue weighted by Crippen LogP contribution is -2.38. The lowest BCUT2D eigenvalue weighted by molar-refractivity contribution is -0.122. The molecule has 4 aromatic rings. The number of nitrogens with zero attached hydrogens (tertiary/aromatic N) is 3. The third-order valence-electron chi connectivity index (χ3n) is 8.49. The molecular weight excluding hydrogens is 564 g/mol. The van der Waals surface area contributed by atoms with E-state index >= 15 is 0 Å². The third-order valence-corrected chi connectivity index (χ3v) is 8.49. The van der Waals surface area contributed by atoms with Gasteiger partial charge in [-0.05, 0) is 110 Å². The Kier molecular flexibility index (Phi) is 9.32. The van der Waals surface area contributed by atoms with Crippen LogP contribution in [0, 0.1) is 27.7 Å². The summed E-state index contributed by atoms with van der Waals surface area (Å²) >= 11 is 0. The van der Waals surface area contributed by atoms with Crippen LogP contribution in [0.5, 0.6) is 5.75 Å². The first-order chi connectivity index (χ1) is 21.5. The molecule has 45 heavy (non-hydrogen) atoms. The number of amides is 3. The Morgan fingerprint density at radius 3 is 2.60 bits per heavy atom. The molecule has 2 heterocycles. The lowest BCUT2D eigenvalue weighted by Gasteiger charge is -2.28. The molecule has 1 aromatic heterocycles. The van der Waals surface area contributed by atoms with Gasteiger partial charge in [0.2, 0.25) is 17.7 Å². The average Bonchev–Trinajstić information content (AvgIpc) is 3.01. The van der Waals surface area contributed by atoms with Gasteiger partial charge in [-0.1, -0.05) is 24.3 Å². The van der Waals surface area contributed by atoms with Crippen molar-refractivity contribution >= 4 is 46.1 Å². The predicted octanol–water partition coefficient (Wildman–Crippen LogP) is 6.14. The Morgan fingerprint density at radius 1 is 1.02 bits per heavy atom. The quantitative estimate of drug-likeness (QED) is 0.244. The molecule has 232 valence electrons. The molecule has 0 radical (unpaired) electrons. The number of pyridine rings is 1. The molecule has 0 unspecified atom stereocenters. The van der Waals surface area contributed by atoms with Gasteiger partial charge in [-0.15, -0.1) is 0 Å². The van der Waals surface area contributed by atoms with Crippen LogP contribution in [0.1, 0.15) is 52.4 Å². The summed E-state index contributed by atoms with van der Waals surface area (Å²) in [6.45, 7) is 10.6. The minimum atomic E-state index is -0.358. The average molecular weight is 605 g/mol. The Morgan fingerprint density at radius 2 is 1.82 bits per heavy atom.